The van der Waals surface area contributed by atoms with Gasteiger partial charge < -0.3 is 20.3 Å². The standard InChI is InChI=1S/C17H36N4O.HI/c1-4-22-15-7-11-20-17(18-3)19-10-5-6-12-21-13-8-16(2)9-14-21;/h16H,4-15H2,1-3H3,(H2,18,19,20);1H. The van der Waals surface area contributed by atoms with E-state index in [9.17, 15) is 0 Å². The van der Waals surface area contributed by atoms with Crippen LogP contribution in [0.4, 0.5) is 0 Å². The summed E-state index contributed by atoms with van der Waals surface area (Å²) in [5, 5.41) is 6.71. The van der Waals surface area contributed by atoms with Crippen LogP contribution in [0.25, 0.3) is 0 Å². The zero-order chi connectivity index (χ0) is 16.0. The predicted molar refractivity (Wildman–Crippen MR) is 110 cm³/mol. The maximum Gasteiger partial charge on any atom is 0.190 e. The van der Waals surface area contributed by atoms with Crippen LogP contribution in [0.1, 0.15) is 46.0 Å². The molecule has 0 aliphatic carbocycles. The number of aliphatic imine (C=N–C) groups is 1. The molecular formula is C17H37IN4O. The summed E-state index contributed by atoms with van der Waals surface area (Å²) in [6, 6.07) is 0. The Morgan fingerprint density at radius 2 is 1.78 bits per heavy atom. The molecule has 0 bridgehead atoms. The van der Waals surface area contributed by atoms with Crippen molar-refractivity contribution >= 4 is 29.9 Å². The molecule has 1 heterocycles. The van der Waals surface area contributed by atoms with Gasteiger partial charge in [-0.15, -0.1) is 24.0 Å². The van der Waals surface area contributed by atoms with Crippen molar-refractivity contribution in [3.63, 3.8) is 0 Å². The number of ether oxygens (including phenoxy) is 1. The molecule has 0 aromatic heterocycles. The fourth-order valence-corrected chi connectivity index (χ4v) is 2.70. The van der Waals surface area contributed by atoms with Gasteiger partial charge in [-0.25, -0.2) is 0 Å². The summed E-state index contributed by atoms with van der Waals surface area (Å²) in [7, 11) is 1.83. The summed E-state index contributed by atoms with van der Waals surface area (Å²) < 4.78 is 5.32. The highest BCUT2D eigenvalue weighted by Crippen LogP contribution is 2.15. The van der Waals surface area contributed by atoms with Crippen LogP contribution >= 0.6 is 24.0 Å². The minimum absolute atomic E-state index is 0. The first-order valence-corrected chi connectivity index (χ1v) is 9.00. The van der Waals surface area contributed by atoms with Crippen molar-refractivity contribution < 1.29 is 4.74 Å². The summed E-state index contributed by atoms with van der Waals surface area (Å²) in [5.41, 5.74) is 0. The summed E-state index contributed by atoms with van der Waals surface area (Å²) >= 11 is 0. The molecule has 1 saturated heterocycles. The summed E-state index contributed by atoms with van der Waals surface area (Å²) in [6.45, 7) is 11.7. The molecule has 5 nitrogen and oxygen atoms in total. The highest BCUT2D eigenvalue weighted by Gasteiger charge is 2.14. The maximum absolute atomic E-state index is 5.32. The summed E-state index contributed by atoms with van der Waals surface area (Å²) in [4.78, 5) is 6.86. The van der Waals surface area contributed by atoms with Crippen molar-refractivity contribution in [1.29, 1.82) is 0 Å². The molecule has 1 rings (SSSR count). The molecule has 138 valence electrons. The van der Waals surface area contributed by atoms with Gasteiger partial charge in [0.2, 0.25) is 0 Å². The number of nitrogens with one attached hydrogen (secondary N) is 2. The van der Waals surface area contributed by atoms with Crippen molar-refractivity contribution in [2.24, 2.45) is 10.9 Å². The molecule has 0 spiro atoms. The normalized spacial score (nSPS) is 16.9. The van der Waals surface area contributed by atoms with Crippen molar-refractivity contribution in [2.45, 2.75) is 46.0 Å². The van der Waals surface area contributed by atoms with Crippen LogP contribution in [0.3, 0.4) is 0 Å². The van der Waals surface area contributed by atoms with Gasteiger partial charge in [0.1, 0.15) is 0 Å². The number of rotatable bonds is 10. The lowest BCUT2D eigenvalue weighted by Crippen LogP contribution is -2.39. The van der Waals surface area contributed by atoms with Crippen LogP contribution in [0.15, 0.2) is 4.99 Å². The maximum atomic E-state index is 5.32. The first-order chi connectivity index (χ1) is 10.8. The van der Waals surface area contributed by atoms with Crippen molar-refractivity contribution in [3.05, 3.63) is 0 Å². The quantitative estimate of drug-likeness (QED) is 0.237. The third-order valence-corrected chi connectivity index (χ3v) is 4.26. The van der Waals surface area contributed by atoms with Gasteiger partial charge in [-0.3, -0.25) is 4.99 Å². The number of hydrogen-bond acceptors (Lipinski definition) is 3. The molecule has 0 unspecified atom stereocenters. The number of hydrogen-bond donors (Lipinski definition) is 2. The number of unbranched alkanes of at least 4 members (excludes halogenated alkanes) is 1. The van der Waals surface area contributed by atoms with Gasteiger partial charge >= 0.3 is 0 Å². The van der Waals surface area contributed by atoms with Gasteiger partial charge in [0.25, 0.3) is 0 Å². The summed E-state index contributed by atoms with van der Waals surface area (Å²) in [5.74, 6) is 1.83. The Labute approximate surface area is 160 Å². The minimum atomic E-state index is 0. The Morgan fingerprint density at radius 1 is 1.13 bits per heavy atom. The van der Waals surface area contributed by atoms with E-state index in [4.69, 9.17) is 4.74 Å². The number of guanidine groups is 1. The van der Waals surface area contributed by atoms with Gasteiger partial charge in [-0.05, 0) is 64.6 Å². The highest BCUT2D eigenvalue weighted by molar-refractivity contribution is 14.0. The number of likely N-dealkylation sites (tertiary alicyclic amines) is 1. The van der Waals surface area contributed by atoms with Gasteiger partial charge in [0.15, 0.2) is 5.96 Å². The van der Waals surface area contributed by atoms with Crippen LogP contribution in [0.5, 0.6) is 0 Å². The van der Waals surface area contributed by atoms with Crippen molar-refractivity contribution in [2.75, 3.05) is 53.0 Å². The summed E-state index contributed by atoms with van der Waals surface area (Å²) in [6.07, 6.45) is 6.23. The largest absolute Gasteiger partial charge is 0.382 e. The molecular weight excluding hydrogens is 403 g/mol. The second kappa shape index (κ2) is 15.4. The average molecular weight is 440 g/mol. The van der Waals surface area contributed by atoms with E-state index in [1.807, 2.05) is 14.0 Å². The first-order valence-electron chi connectivity index (χ1n) is 9.00. The molecule has 0 aromatic rings. The highest BCUT2D eigenvalue weighted by atomic mass is 127. The van der Waals surface area contributed by atoms with E-state index < -0.39 is 0 Å². The number of halogens is 1. The van der Waals surface area contributed by atoms with Gasteiger partial charge in [0, 0.05) is 33.4 Å². The second-order valence-corrected chi connectivity index (χ2v) is 6.21. The lowest BCUT2D eigenvalue weighted by molar-refractivity contribution is 0.145. The molecule has 0 saturated carbocycles. The van der Waals surface area contributed by atoms with Crippen LogP contribution in [0.2, 0.25) is 0 Å². The Morgan fingerprint density at radius 3 is 2.39 bits per heavy atom. The molecule has 1 fully saturated rings. The van der Waals surface area contributed by atoms with Crippen molar-refractivity contribution in [1.82, 2.24) is 15.5 Å². The van der Waals surface area contributed by atoms with Gasteiger partial charge in [-0.1, -0.05) is 6.92 Å². The van der Waals surface area contributed by atoms with Crippen LogP contribution < -0.4 is 10.6 Å². The Kier molecular flexibility index (Phi) is 15.4. The monoisotopic (exact) mass is 440 g/mol. The topological polar surface area (TPSA) is 48.9 Å². The average Bonchev–Trinajstić information content (AvgIpc) is 2.54. The lowest BCUT2D eigenvalue weighted by Gasteiger charge is -2.30. The van der Waals surface area contributed by atoms with E-state index in [0.717, 1.165) is 44.6 Å². The van der Waals surface area contributed by atoms with E-state index in [1.54, 1.807) is 0 Å². The first kappa shape index (κ1) is 22.9. The molecule has 1 aliphatic heterocycles. The zero-order valence-corrected chi connectivity index (χ0v) is 17.6. The molecule has 6 heteroatoms. The van der Waals surface area contributed by atoms with E-state index >= 15 is 0 Å². The number of nitrogens with zero attached hydrogens (tertiary/aromatic N) is 2. The van der Waals surface area contributed by atoms with Crippen LogP contribution in [-0.2, 0) is 4.74 Å². The van der Waals surface area contributed by atoms with Crippen molar-refractivity contribution in [3.8, 4) is 0 Å². The van der Waals surface area contributed by atoms with E-state index in [1.165, 1.54) is 45.3 Å². The van der Waals surface area contributed by atoms with Crippen LogP contribution in [-0.4, -0.2) is 63.8 Å². The second-order valence-electron chi connectivity index (χ2n) is 6.21. The fraction of sp³-hybridized carbons (Fsp3) is 0.941. The Hall–Kier alpha value is -0.0800. The minimum Gasteiger partial charge on any atom is -0.382 e. The SMILES string of the molecule is CCOCCCNC(=NC)NCCCCN1CCC(C)CC1.I. The Balaban J connectivity index is 0.00000484. The van der Waals surface area contributed by atoms with Gasteiger partial charge in [0.05, 0.1) is 0 Å². The smallest absolute Gasteiger partial charge is 0.190 e. The molecule has 0 atom stereocenters. The molecule has 0 amide bonds. The molecule has 23 heavy (non-hydrogen) atoms. The number of piperidine rings is 1. The lowest BCUT2D eigenvalue weighted by atomic mass is 9.99. The molecule has 0 radical (unpaired) electrons. The van der Waals surface area contributed by atoms with E-state index in [0.29, 0.717) is 0 Å². The molecule has 0 aromatic carbocycles. The Bertz CT molecular complexity index is 294. The predicted octanol–water partition coefficient (Wildman–Crippen LogP) is 2.71. The van der Waals surface area contributed by atoms with E-state index in [-0.39, 0.29) is 24.0 Å². The molecule has 1 aliphatic rings. The van der Waals surface area contributed by atoms with Crippen LogP contribution in [0, 0.1) is 5.92 Å². The third-order valence-electron chi connectivity index (χ3n) is 4.26. The van der Waals surface area contributed by atoms with Gasteiger partial charge in [-0.2, -0.15) is 0 Å². The third kappa shape index (κ3) is 12.0. The zero-order valence-electron chi connectivity index (χ0n) is 15.3. The molecule has 2 N–H and O–H groups in total. The fourth-order valence-electron chi connectivity index (χ4n) is 2.70. The van der Waals surface area contributed by atoms with E-state index in [2.05, 4.69) is 27.4 Å².